The molecule has 2 saturated carbocycles. The Kier molecular flexibility index (Phi) is 4.16. The highest BCUT2D eigenvalue weighted by Crippen LogP contribution is 2.36. The van der Waals surface area contributed by atoms with Crippen molar-refractivity contribution >= 4 is 11.9 Å². The molecule has 0 heterocycles. The van der Waals surface area contributed by atoms with Gasteiger partial charge >= 0.3 is 5.97 Å². The predicted molar refractivity (Wildman–Crippen MR) is 72.6 cm³/mol. The average Bonchev–Trinajstić information content (AvgIpc) is 2.33. The number of nitrogens with one attached hydrogen (secondary N) is 1. The minimum atomic E-state index is -0.952. The molecule has 1 amide bonds. The quantitative estimate of drug-likeness (QED) is 0.822. The van der Waals surface area contributed by atoms with Crippen LogP contribution >= 0.6 is 0 Å². The lowest BCUT2D eigenvalue weighted by molar-refractivity contribution is -0.152. The van der Waals surface area contributed by atoms with Crippen LogP contribution in [0.3, 0.4) is 0 Å². The van der Waals surface area contributed by atoms with Crippen LogP contribution in [0.4, 0.5) is 0 Å². The molecule has 19 heavy (non-hydrogen) atoms. The second kappa shape index (κ2) is 5.51. The van der Waals surface area contributed by atoms with Crippen LogP contribution in [0.5, 0.6) is 0 Å². The molecule has 0 aromatic rings. The van der Waals surface area contributed by atoms with Gasteiger partial charge in [-0.15, -0.1) is 0 Å². The zero-order valence-corrected chi connectivity index (χ0v) is 11.9. The molecule has 4 heteroatoms. The fraction of sp³-hybridized carbons (Fsp3) is 0.867. The van der Waals surface area contributed by atoms with E-state index in [1.165, 1.54) is 0 Å². The summed E-state index contributed by atoms with van der Waals surface area (Å²) in [6.07, 6.45) is 6.05. The standard InChI is InChI=1S/C15H25NO3/c1-10(2)11-4-6-12(7-5-11)13(17)16-15(14(18)19)8-3-9-15/h10-12H,3-9H2,1-2H3,(H,16,17)(H,18,19). The smallest absolute Gasteiger partial charge is 0.329 e. The number of carbonyl (C=O) groups is 2. The number of rotatable bonds is 4. The van der Waals surface area contributed by atoms with E-state index in [4.69, 9.17) is 0 Å². The maximum absolute atomic E-state index is 12.2. The first kappa shape index (κ1) is 14.4. The van der Waals surface area contributed by atoms with Gasteiger partial charge in [-0.2, -0.15) is 0 Å². The van der Waals surface area contributed by atoms with E-state index in [-0.39, 0.29) is 11.8 Å². The van der Waals surface area contributed by atoms with Gasteiger partial charge in [-0.3, -0.25) is 4.79 Å². The van der Waals surface area contributed by atoms with Gasteiger partial charge in [0.15, 0.2) is 0 Å². The highest BCUT2D eigenvalue weighted by Gasteiger charge is 2.46. The highest BCUT2D eigenvalue weighted by atomic mass is 16.4. The molecule has 0 bridgehead atoms. The van der Waals surface area contributed by atoms with Gasteiger partial charge in [-0.1, -0.05) is 13.8 Å². The topological polar surface area (TPSA) is 66.4 Å². The molecule has 0 unspecified atom stereocenters. The van der Waals surface area contributed by atoms with Crippen LogP contribution in [0.1, 0.15) is 58.8 Å². The number of carboxylic acids is 1. The van der Waals surface area contributed by atoms with Gasteiger partial charge in [-0.25, -0.2) is 4.79 Å². The van der Waals surface area contributed by atoms with Gasteiger partial charge in [0.25, 0.3) is 0 Å². The van der Waals surface area contributed by atoms with Crippen molar-refractivity contribution in [2.75, 3.05) is 0 Å². The Morgan fingerprint density at radius 1 is 1.16 bits per heavy atom. The second-order valence-electron chi connectivity index (χ2n) is 6.59. The van der Waals surface area contributed by atoms with E-state index in [0.717, 1.165) is 38.0 Å². The normalized spacial score (nSPS) is 29.6. The van der Waals surface area contributed by atoms with Crippen molar-refractivity contribution in [3.05, 3.63) is 0 Å². The first-order valence-corrected chi connectivity index (χ1v) is 7.50. The summed E-state index contributed by atoms with van der Waals surface area (Å²) < 4.78 is 0. The molecule has 2 rings (SSSR count). The molecule has 0 aromatic heterocycles. The van der Waals surface area contributed by atoms with E-state index in [1.807, 2.05) is 0 Å². The van der Waals surface area contributed by atoms with Crippen molar-refractivity contribution in [3.8, 4) is 0 Å². The van der Waals surface area contributed by atoms with Crippen LogP contribution in [0.2, 0.25) is 0 Å². The summed E-state index contributed by atoms with van der Waals surface area (Å²) in [6.45, 7) is 4.47. The Labute approximate surface area is 115 Å². The molecule has 0 aromatic carbocycles. The zero-order chi connectivity index (χ0) is 14.0. The molecule has 0 saturated heterocycles. The van der Waals surface area contributed by atoms with Gasteiger partial charge in [0.1, 0.15) is 5.54 Å². The Bertz CT molecular complexity index is 352. The van der Waals surface area contributed by atoms with E-state index in [9.17, 15) is 14.7 Å². The molecule has 0 atom stereocenters. The van der Waals surface area contributed by atoms with Crippen LogP contribution in [0, 0.1) is 17.8 Å². The minimum absolute atomic E-state index is 0.0202. The van der Waals surface area contributed by atoms with Crippen molar-refractivity contribution < 1.29 is 14.7 Å². The number of hydrogen-bond donors (Lipinski definition) is 2. The molecule has 2 fully saturated rings. The molecule has 2 aliphatic carbocycles. The van der Waals surface area contributed by atoms with Crippen molar-refractivity contribution in [2.24, 2.45) is 17.8 Å². The lowest BCUT2D eigenvalue weighted by atomic mass is 9.74. The summed E-state index contributed by atoms with van der Waals surface area (Å²) in [5.41, 5.74) is -0.952. The van der Waals surface area contributed by atoms with Gasteiger partial charge in [0.2, 0.25) is 5.91 Å². The lowest BCUT2D eigenvalue weighted by Gasteiger charge is -2.40. The van der Waals surface area contributed by atoms with Crippen LogP contribution < -0.4 is 5.32 Å². The molecule has 2 aliphatic rings. The summed E-state index contributed by atoms with van der Waals surface area (Å²) in [5, 5.41) is 12.0. The van der Waals surface area contributed by atoms with E-state index in [0.29, 0.717) is 18.8 Å². The van der Waals surface area contributed by atoms with Crippen LogP contribution in [-0.2, 0) is 9.59 Å². The first-order valence-electron chi connectivity index (χ1n) is 7.50. The SMILES string of the molecule is CC(C)C1CCC(C(=O)NC2(C(=O)O)CCC2)CC1. The summed E-state index contributed by atoms with van der Waals surface area (Å²) >= 11 is 0. The molecule has 0 radical (unpaired) electrons. The lowest BCUT2D eigenvalue weighted by Crippen LogP contribution is -2.60. The Morgan fingerprint density at radius 3 is 2.11 bits per heavy atom. The number of carbonyl (C=O) groups excluding carboxylic acids is 1. The molecular weight excluding hydrogens is 242 g/mol. The molecule has 0 aliphatic heterocycles. The molecule has 4 nitrogen and oxygen atoms in total. The Hall–Kier alpha value is -1.06. The summed E-state index contributed by atoms with van der Waals surface area (Å²) in [6, 6.07) is 0. The molecule has 2 N–H and O–H groups in total. The largest absolute Gasteiger partial charge is 0.480 e. The van der Waals surface area contributed by atoms with E-state index in [2.05, 4.69) is 19.2 Å². The number of amides is 1. The van der Waals surface area contributed by atoms with Crippen LogP contribution in [0.25, 0.3) is 0 Å². The van der Waals surface area contributed by atoms with Gasteiger partial charge in [-0.05, 0) is 56.8 Å². The van der Waals surface area contributed by atoms with E-state index < -0.39 is 11.5 Å². The molecule has 0 spiro atoms. The zero-order valence-electron chi connectivity index (χ0n) is 11.9. The Balaban J connectivity index is 1.86. The van der Waals surface area contributed by atoms with Crippen molar-refractivity contribution in [1.29, 1.82) is 0 Å². The van der Waals surface area contributed by atoms with Gasteiger partial charge < -0.3 is 10.4 Å². The number of hydrogen-bond acceptors (Lipinski definition) is 2. The maximum Gasteiger partial charge on any atom is 0.329 e. The first-order chi connectivity index (χ1) is 8.94. The van der Waals surface area contributed by atoms with Crippen molar-refractivity contribution in [2.45, 2.75) is 64.3 Å². The summed E-state index contributed by atoms with van der Waals surface area (Å²) in [5.74, 6) is 0.515. The molecule has 108 valence electrons. The van der Waals surface area contributed by atoms with E-state index >= 15 is 0 Å². The third-order valence-electron chi connectivity index (χ3n) is 5.06. The number of aliphatic carboxylic acids is 1. The average molecular weight is 267 g/mol. The highest BCUT2D eigenvalue weighted by molar-refractivity contribution is 5.88. The van der Waals surface area contributed by atoms with Gasteiger partial charge in [0, 0.05) is 5.92 Å². The maximum atomic E-state index is 12.2. The molecular formula is C15H25NO3. The fourth-order valence-corrected chi connectivity index (χ4v) is 3.31. The summed E-state index contributed by atoms with van der Waals surface area (Å²) in [7, 11) is 0. The third-order valence-corrected chi connectivity index (χ3v) is 5.06. The predicted octanol–water partition coefficient (Wildman–Crippen LogP) is 2.57. The minimum Gasteiger partial charge on any atom is -0.480 e. The van der Waals surface area contributed by atoms with Crippen molar-refractivity contribution in [3.63, 3.8) is 0 Å². The van der Waals surface area contributed by atoms with Gasteiger partial charge in [0.05, 0.1) is 0 Å². The Morgan fingerprint density at radius 2 is 1.74 bits per heavy atom. The third kappa shape index (κ3) is 2.93. The number of carboxylic acid groups (broad SMARTS) is 1. The monoisotopic (exact) mass is 267 g/mol. The van der Waals surface area contributed by atoms with Crippen LogP contribution in [-0.4, -0.2) is 22.5 Å². The fourth-order valence-electron chi connectivity index (χ4n) is 3.31. The van der Waals surface area contributed by atoms with E-state index in [1.54, 1.807) is 0 Å². The van der Waals surface area contributed by atoms with Crippen molar-refractivity contribution in [1.82, 2.24) is 5.32 Å². The van der Waals surface area contributed by atoms with Crippen LogP contribution in [0.15, 0.2) is 0 Å². The second-order valence-corrected chi connectivity index (χ2v) is 6.59. The summed E-state index contributed by atoms with van der Waals surface area (Å²) in [4.78, 5) is 23.5.